The van der Waals surface area contributed by atoms with E-state index in [4.69, 9.17) is 0 Å². The zero-order valence-corrected chi connectivity index (χ0v) is 22.1. The number of likely N-dealkylation sites (tertiary alicyclic amines) is 2. The van der Waals surface area contributed by atoms with Crippen LogP contribution in [-0.4, -0.2) is 53.0 Å². The molecule has 7 heteroatoms. The molecular formula is C31H31FN4OS. The number of halogens is 1. The van der Waals surface area contributed by atoms with E-state index in [1.165, 1.54) is 11.1 Å². The van der Waals surface area contributed by atoms with E-state index in [-0.39, 0.29) is 18.3 Å². The standard InChI is InChI=1S/C31H31FN4OS/c32-27-6-4-22(5-7-27)23-8-13-34(14-9-23)18-26-19-36(20-29(26)25-11-17-38-21-25)31(37)28-3-1-2-24-10-15-35(16-12-33)30(24)28/h1-7,10-11,15,17,21,23,26,29H,8-9,13-14,16,18-20H2. The molecule has 2 aromatic carbocycles. The maximum Gasteiger partial charge on any atom is 0.256 e. The highest BCUT2D eigenvalue weighted by atomic mass is 32.1. The number of benzene rings is 2. The number of para-hydroxylation sites is 1. The Hall–Kier alpha value is -3.47. The summed E-state index contributed by atoms with van der Waals surface area (Å²) >= 11 is 1.71. The Bertz CT molecular complexity index is 1450. The SMILES string of the molecule is N#CCn1ccc2cccc(C(=O)N3CC(CN4CCC(c5ccc(F)cc5)CC4)C(c4ccsc4)C3)c21. The van der Waals surface area contributed by atoms with Gasteiger partial charge in [-0.05, 0) is 90.0 Å². The summed E-state index contributed by atoms with van der Waals surface area (Å²) in [6.45, 7) is 4.67. The first-order valence-electron chi connectivity index (χ1n) is 13.3. The normalized spacial score (nSPS) is 20.7. The van der Waals surface area contributed by atoms with Gasteiger partial charge in [0, 0.05) is 37.1 Å². The highest BCUT2D eigenvalue weighted by Crippen LogP contribution is 2.37. The van der Waals surface area contributed by atoms with Crippen LogP contribution in [0, 0.1) is 23.1 Å². The predicted octanol–water partition coefficient (Wildman–Crippen LogP) is 6.10. The number of nitrogens with zero attached hydrogens (tertiary/aromatic N) is 4. The van der Waals surface area contributed by atoms with Crippen molar-refractivity contribution in [1.82, 2.24) is 14.4 Å². The summed E-state index contributed by atoms with van der Waals surface area (Å²) in [7, 11) is 0. The van der Waals surface area contributed by atoms with Crippen molar-refractivity contribution in [3.05, 3.63) is 94.1 Å². The Morgan fingerprint density at radius 2 is 1.84 bits per heavy atom. The molecular weight excluding hydrogens is 495 g/mol. The van der Waals surface area contributed by atoms with Crippen molar-refractivity contribution in [3.63, 3.8) is 0 Å². The van der Waals surface area contributed by atoms with Gasteiger partial charge in [0.05, 0.1) is 17.1 Å². The number of piperidine rings is 1. The van der Waals surface area contributed by atoms with Crippen molar-refractivity contribution >= 4 is 28.1 Å². The highest BCUT2D eigenvalue weighted by Gasteiger charge is 2.38. The van der Waals surface area contributed by atoms with Crippen LogP contribution in [0.5, 0.6) is 0 Å². The first-order valence-corrected chi connectivity index (χ1v) is 14.3. The van der Waals surface area contributed by atoms with Crippen LogP contribution in [0.4, 0.5) is 4.39 Å². The molecule has 2 aromatic heterocycles. The lowest BCUT2D eigenvalue weighted by molar-refractivity contribution is 0.0783. The smallest absolute Gasteiger partial charge is 0.256 e. The summed E-state index contributed by atoms with van der Waals surface area (Å²) in [4.78, 5) is 18.5. The minimum absolute atomic E-state index is 0.0474. The summed E-state index contributed by atoms with van der Waals surface area (Å²) in [5, 5.41) is 14.6. The van der Waals surface area contributed by atoms with E-state index in [0.717, 1.165) is 49.9 Å². The molecule has 0 N–H and O–H groups in total. The number of nitriles is 1. The minimum atomic E-state index is -0.180. The number of hydrogen-bond donors (Lipinski definition) is 0. The molecule has 38 heavy (non-hydrogen) atoms. The molecule has 0 aliphatic carbocycles. The lowest BCUT2D eigenvalue weighted by Crippen LogP contribution is -2.38. The zero-order chi connectivity index (χ0) is 26.1. The molecule has 2 aliphatic rings. The van der Waals surface area contributed by atoms with Gasteiger partial charge in [-0.2, -0.15) is 16.6 Å². The van der Waals surface area contributed by atoms with Gasteiger partial charge in [0.25, 0.3) is 5.91 Å². The van der Waals surface area contributed by atoms with Gasteiger partial charge in [-0.1, -0.05) is 24.3 Å². The summed E-state index contributed by atoms with van der Waals surface area (Å²) in [6, 6.07) is 19.2. The van der Waals surface area contributed by atoms with E-state index in [0.29, 0.717) is 29.9 Å². The lowest BCUT2D eigenvalue weighted by Gasteiger charge is -2.34. The Morgan fingerprint density at radius 1 is 1.03 bits per heavy atom. The second-order valence-corrected chi connectivity index (χ2v) is 11.4. The first-order chi connectivity index (χ1) is 18.6. The number of carbonyl (C=O) groups excluding carboxylic acids is 1. The van der Waals surface area contributed by atoms with Gasteiger partial charge in [-0.3, -0.25) is 4.79 Å². The molecule has 194 valence electrons. The third-order valence-electron chi connectivity index (χ3n) is 8.38. The zero-order valence-electron chi connectivity index (χ0n) is 21.3. The Morgan fingerprint density at radius 3 is 2.58 bits per heavy atom. The van der Waals surface area contributed by atoms with Crippen molar-refractivity contribution in [3.8, 4) is 6.07 Å². The first kappa shape index (κ1) is 24.8. The van der Waals surface area contributed by atoms with Gasteiger partial charge in [-0.15, -0.1) is 0 Å². The number of aromatic nitrogens is 1. The number of rotatable bonds is 6. The largest absolute Gasteiger partial charge is 0.338 e. The van der Waals surface area contributed by atoms with Crippen LogP contribution in [0.2, 0.25) is 0 Å². The van der Waals surface area contributed by atoms with Crippen molar-refractivity contribution in [2.45, 2.75) is 31.2 Å². The Kier molecular flexibility index (Phi) is 7.01. The summed E-state index contributed by atoms with van der Waals surface area (Å²) in [6.07, 6.45) is 4.03. The molecule has 0 saturated carbocycles. The second kappa shape index (κ2) is 10.7. The molecule has 5 nitrogen and oxygen atoms in total. The van der Waals surface area contributed by atoms with Gasteiger partial charge < -0.3 is 14.4 Å². The predicted molar refractivity (Wildman–Crippen MR) is 149 cm³/mol. The molecule has 6 rings (SSSR count). The van der Waals surface area contributed by atoms with E-state index in [1.807, 2.05) is 52.1 Å². The molecule has 2 aliphatic heterocycles. The number of thiophene rings is 1. The molecule has 4 aromatic rings. The van der Waals surface area contributed by atoms with Gasteiger partial charge in [-0.25, -0.2) is 4.39 Å². The number of amides is 1. The maximum atomic E-state index is 13.9. The molecule has 0 bridgehead atoms. The number of carbonyl (C=O) groups is 1. The lowest BCUT2D eigenvalue weighted by atomic mass is 9.87. The van der Waals surface area contributed by atoms with Crippen molar-refractivity contribution in [2.24, 2.45) is 5.92 Å². The third kappa shape index (κ3) is 4.87. The molecule has 2 saturated heterocycles. The van der Waals surface area contributed by atoms with Gasteiger partial charge in [0.2, 0.25) is 0 Å². The molecule has 2 fully saturated rings. The average molecular weight is 527 g/mol. The van der Waals surface area contributed by atoms with Crippen molar-refractivity contribution in [2.75, 3.05) is 32.7 Å². The Balaban J connectivity index is 1.18. The second-order valence-electron chi connectivity index (χ2n) is 10.6. The molecule has 4 heterocycles. The van der Waals surface area contributed by atoms with E-state index in [1.54, 1.807) is 23.5 Å². The van der Waals surface area contributed by atoms with E-state index >= 15 is 0 Å². The highest BCUT2D eigenvalue weighted by molar-refractivity contribution is 7.08. The molecule has 2 unspecified atom stereocenters. The number of hydrogen-bond acceptors (Lipinski definition) is 4. The monoisotopic (exact) mass is 526 g/mol. The van der Waals surface area contributed by atoms with Gasteiger partial charge in [0.15, 0.2) is 0 Å². The van der Waals surface area contributed by atoms with E-state index < -0.39 is 0 Å². The van der Waals surface area contributed by atoms with Crippen LogP contribution in [-0.2, 0) is 6.54 Å². The third-order valence-corrected chi connectivity index (χ3v) is 9.08. The summed E-state index contributed by atoms with van der Waals surface area (Å²) < 4.78 is 15.2. The van der Waals surface area contributed by atoms with Crippen molar-refractivity contribution in [1.29, 1.82) is 5.26 Å². The summed E-state index contributed by atoms with van der Waals surface area (Å²) in [5.74, 6) is 1.02. The molecule has 2 atom stereocenters. The minimum Gasteiger partial charge on any atom is -0.338 e. The number of fused-ring (bicyclic) bond motifs is 1. The average Bonchev–Trinajstić information content (AvgIpc) is 3.70. The van der Waals surface area contributed by atoms with E-state index in [2.05, 4.69) is 27.8 Å². The van der Waals surface area contributed by atoms with Crippen LogP contribution in [0.25, 0.3) is 10.9 Å². The maximum absolute atomic E-state index is 13.9. The fourth-order valence-corrected chi connectivity index (χ4v) is 7.14. The fourth-order valence-electron chi connectivity index (χ4n) is 6.41. The summed E-state index contributed by atoms with van der Waals surface area (Å²) in [5.41, 5.74) is 4.07. The molecule has 1 amide bonds. The molecule has 0 radical (unpaired) electrons. The van der Waals surface area contributed by atoms with E-state index in [9.17, 15) is 14.4 Å². The fraction of sp³-hybridized carbons (Fsp3) is 0.355. The Labute approximate surface area is 226 Å². The van der Waals surface area contributed by atoms with Crippen LogP contribution >= 0.6 is 11.3 Å². The van der Waals surface area contributed by atoms with Crippen LogP contribution in [0.1, 0.15) is 46.2 Å². The van der Waals surface area contributed by atoms with Crippen LogP contribution in [0.15, 0.2) is 71.6 Å². The van der Waals surface area contributed by atoms with Crippen LogP contribution in [0.3, 0.4) is 0 Å². The van der Waals surface area contributed by atoms with Crippen LogP contribution < -0.4 is 0 Å². The quantitative estimate of drug-likeness (QED) is 0.305. The topological polar surface area (TPSA) is 52.3 Å². The molecule has 0 spiro atoms. The van der Waals surface area contributed by atoms with Gasteiger partial charge >= 0.3 is 0 Å². The van der Waals surface area contributed by atoms with Gasteiger partial charge in [0.1, 0.15) is 12.4 Å². The van der Waals surface area contributed by atoms with Crippen molar-refractivity contribution < 1.29 is 9.18 Å².